The lowest BCUT2D eigenvalue weighted by Gasteiger charge is -2.34. The van der Waals surface area contributed by atoms with Crippen LogP contribution in [0.25, 0.3) is 5.57 Å². The second-order valence-corrected chi connectivity index (χ2v) is 10.0. The number of thioether (sulfide) groups is 1. The van der Waals surface area contributed by atoms with Gasteiger partial charge in [0.25, 0.3) is 0 Å². The van der Waals surface area contributed by atoms with Gasteiger partial charge in [0.1, 0.15) is 18.2 Å². The topological polar surface area (TPSA) is 104 Å². The van der Waals surface area contributed by atoms with E-state index in [9.17, 15) is 10.1 Å². The Morgan fingerprint density at radius 2 is 1.79 bits per heavy atom. The maximum absolute atomic E-state index is 11.5. The summed E-state index contributed by atoms with van der Waals surface area (Å²) in [5.41, 5.74) is 4.18. The lowest BCUT2D eigenvalue weighted by molar-refractivity contribution is -0.142. The van der Waals surface area contributed by atoms with Crippen LogP contribution in [0.1, 0.15) is 16.8 Å². The molecule has 0 unspecified atom stereocenters. The van der Waals surface area contributed by atoms with Gasteiger partial charge in [-0.25, -0.2) is 4.98 Å². The Bertz CT molecular complexity index is 1340. The molecule has 1 aromatic heterocycles. The number of fused-ring (bicyclic) bond motifs is 1. The zero-order chi connectivity index (χ0) is 26.3. The molecule has 1 saturated heterocycles. The number of esters is 1. The van der Waals surface area contributed by atoms with Crippen molar-refractivity contribution in [3.05, 3.63) is 82.6 Å². The highest BCUT2D eigenvalue weighted by Gasteiger charge is 2.21. The van der Waals surface area contributed by atoms with Crippen molar-refractivity contribution in [1.82, 2.24) is 19.8 Å². The van der Waals surface area contributed by atoms with Gasteiger partial charge in [-0.05, 0) is 29.3 Å². The molecule has 9 nitrogen and oxygen atoms in total. The number of carbonyl (C=O) groups excluding carboxylic acids is 1. The van der Waals surface area contributed by atoms with E-state index in [-0.39, 0.29) is 12.0 Å². The second-order valence-electron chi connectivity index (χ2n) is 9.00. The van der Waals surface area contributed by atoms with Crippen molar-refractivity contribution in [2.75, 3.05) is 45.2 Å². The number of nitrogens with zero attached hydrogens (tertiary/aromatic N) is 5. The van der Waals surface area contributed by atoms with E-state index in [2.05, 4.69) is 43.3 Å². The van der Waals surface area contributed by atoms with Crippen LogP contribution >= 0.6 is 11.8 Å². The summed E-state index contributed by atoms with van der Waals surface area (Å²) in [4.78, 5) is 25.8. The standard InChI is InChI=1S/C28H28N6O3S/c1-36-26(35)18-34-14-12-33(13-15-34)17-20-6-8-21(9-7-20)19-37-28-30-11-10-23(32-28)22(16-29)27-31-24-4-2-3-5-25(24)38-27/h2-11,31H,12-15,17-19H2,1H3/b27-22+. The van der Waals surface area contributed by atoms with Crippen molar-refractivity contribution in [2.45, 2.75) is 18.0 Å². The third-order valence-corrected chi connectivity index (χ3v) is 7.50. The molecule has 0 saturated carbocycles. The third-order valence-electron chi connectivity index (χ3n) is 6.42. The number of benzene rings is 2. The molecule has 38 heavy (non-hydrogen) atoms. The smallest absolute Gasteiger partial charge is 0.319 e. The van der Waals surface area contributed by atoms with Crippen LogP contribution in [-0.4, -0.2) is 65.6 Å². The monoisotopic (exact) mass is 528 g/mol. The molecule has 0 bridgehead atoms. The number of ether oxygens (including phenoxy) is 2. The zero-order valence-corrected chi connectivity index (χ0v) is 21.9. The summed E-state index contributed by atoms with van der Waals surface area (Å²) in [6.45, 7) is 5.07. The van der Waals surface area contributed by atoms with Crippen LogP contribution in [-0.2, 0) is 22.7 Å². The molecule has 0 spiro atoms. The van der Waals surface area contributed by atoms with Gasteiger partial charge >= 0.3 is 12.0 Å². The molecule has 5 rings (SSSR count). The third kappa shape index (κ3) is 6.31. The average Bonchev–Trinajstić information content (AvgIpc) is 3.38. The Morgan fingerprint density at radius 1 is 1.05 bits per heavy atom. The summed E-state index contributed by atoms with van der Waals surface area (Å²) < 4.78 is 10.6. The molecule has 2 aromatic carbocycles. The molecule has 1 N–H and O–H groups in total. The Labute approximate surface area is 226 Å². The number of aromatic nitrogens is 2. The number of nitriles is 1. The first-order valence-electron chi connectivity index (χ1n) is 12.3. The molecular weight excluding hydrogens is 500 g/mol. The molecule has 2 aliphatic heterocycles. The van der Waals surface area contributed by atoms with E-state index in [0.29, 0.717) is 24.4 Å². The van der Waals surface area contributed by atoms with E-state index >= 15 is 0 Å². The fourth-order valence-electron chi connectivity index (χ4n) is 4.30. The number of anilines is 1. The van der Waals surface area contributed by atoms with E-state index in [0.717, 1.165) is 53.9 Å². The largest absolute Gasteiger partial charge is 0.468 e. The summed E-state index contributed by atoms with van der Waals surface area (Å²) in [6, 6.07) is 20.5. The molecule has 1 fully saturated rings. The van der Waals surface area contributed by atoms with Gasteiger partial charge in [-0.2, -0.15) is 10.2 Å². The van der Waals surface area contributed by atoms with Crippen molar-refractivity contribution in [3.63, 3.8) is 0 Å². The predicted molar refractivity (Wildman–Crippen MR) is 145 cm³/mol. The quantitative estimate of drug-likeness (QED) is 0.343. The molecule has 3 aromatic rings. The van der Waals surface area contributed by atoms with E-state index in [1.165, 1.54) is 24.4 Å². The summed E-state index contributed by atoms with van der Waals surface area (Å²) in [7, 11) is 1.42. The first-order valence-corrected chi connectivity index (χ1v) is 13.2. The van der Waals surface area contributed by atoms with Crippen molar-refractivity contribution >= 4 is 29.0 Å². The Morgan fingerprint density at radius 3 is 2.53 bits per heavy atom. The number of piperazine rings is 1. The number of allylic oxidation sites excluding steroid dienone is 1. The van der Waals surface area contributed by atoms with Gasteiger partial charge in [-0.15, -0.1) is 0 Å². The zero-order valence-electron chi connectivity index (χ0n) is 21.1. The number of para-hydroxylation sites is 1. The number of nitrogens with one attached hydrogen (secondary N) is 1. The molecule has 0 aliphatic carbocycles. The molecule has 10 heteroatoms. The number of carbonyl (C=O) groups is 1. The number of methoxy groups -OCH3 is 1. The molecule has 3 heterocycles. The lowest BCUT2D eigenvalue weighted by Crippen LogP contribution is -2.47. The van der Waals surface area contributed by atoms with Crippen LogP contribution in [0.15, 0.2) is 70.7 Å². The van der Waals surface area contributed by atoms with E-state index in [1.54, 1.807) is 12.3 Å². The van der Waals surface area contributed by atoms with E-state index < -0.39 is 0 Å². The Hall–Kier alpha value is -3.91. The van der Waals surface area contributed by atoms with Gasteiger partial charge < -0.3 is 14.8 Å². The molecule has 0 atom stereocenters. The SMILES string of the molecule is COC(=O)CN1CCN(Cc2ccc(COc3nccc(/C(C#N)=C4\Nc5ccccc5S4)n3)cc2)CC1. The van der Waals surface area contributed by atoms with Crippen LogP contribution in [0.5, 0.6) is 6.01 Å². The molecule has 0 radical (unpaired) electrons. The van der Waals surface area contributed by atoms with Crippen LogP contribution in [0.3, 0.4) is 0 Å². The fourth-order valence-corrected chi connectivity index (χ4v) is 5.31. The van der Waals surface area contributed by atoms with Gasteiger partial charge in [0.15, 0.2) is 0 Å². The molecule has 194 valence electrons. The average molecular weight is 529 g/mol. The molecule has 2 aliphatic rings. The number of hydrogen-bond acceptors (Lipinski definition) is 10. The van der Waals surface area contributed by atoms with E-state index in [1.807, 2.05) is 36.4 Å². The summed E-state index contributed by atoms with van der Waals surface area (Å²) in [5.74, 6) is -0.188. The van der Waals surface area contributed by atoms with Gasteiger partial charge in [0.05, 0.1) is 30.1 Å². The molecular formula is C28H28N6O3S. The first kappa shape index (κ1) is 25.7. The van der Waals surface area contributed by atoms with Crippen LogP contribution in [0.4, 0.5) is 5.69 Å². The highest BCUT2D eigenvalue weighted by molar-refractivity contribution is 8.04. The fraction of sp³-hybridized carbons (Fsp3) is 0.286. The Balaban J connectivity index is 1.15. The maximum Gasteiger partial charge on any atom is 0.319 e. The van der Waals surface area contributed by atoms with Crippen LogP contribution < -0.4 is 10.1 Å². The lowest BCUT2D eigenvalue weighted by atomic mass is 10.1. The Kier molecular flexibility index (Phi) is 8.19. The summed E-state index contributed by atoms with van der Waals surface area (Å²) in [6.07, 6.45) is 1.61. The highest BCUT2D eigenvalue weighted by atomic mass is 32.2. The van der Waals surface area contributed by atoms with Gasteiger partial charge in [-0.3, -0.25) is 14.6 Å². The maximum atomic E-state index is 11.5. The van der Waals surface area contributed by atoms with Crippen molar-refractivity contribution in [3.8, 4) is 12.1 Å². The van der Waals surface area contributed by atoms with Crippen LogP contribution in [0, 0.1) is 11.3 Å². The summed E-state index contributed by atoms with van der Waals surface area (Å²) in [5, 5.41) is 13.9. The molecule has 0 amide bonds. The summed E-state index contributed by atoms with van der Waals surface area (Å²) >= 11 is 1.52. The predicted octanol–water partition coefficient (Wildman–Crippen LogP) is 3.76. The van der Waals surface area contributed by atoms with Gasteiger partial charge in [0.2, 0.25) is 0 Å². The van der Waals surface area contributed by atoms with Gasteiger partial charge in [0, 0.05) is 43.8 Å². The minimum absolute atomic E-state index is 0.188. The number of hydrogen-bond donors (Lipinski definition) is 1. The highest BCUT2D eigenvalue weighted by Crippen LogP contribution is 2.43. The first-order chi connectivity index (χ1) is 18.6. The van der Waals surface area contributed by atoms with E-state index in [4.69, 9.17) is 9.47 Å². The minimum atomic E-state index is -0.188. The number of rotatable bonds is 8. The van der Waals surface area contributed by atoms with Crippen LogP contribution in [0.2, 0.25) is 0 Å². The van der Waals surface area contributed by atoms with Crippen molar-refractivity contribution < 1.29 is 14.3 Å². The van der Waals surface area contributed by atoms with Crippen molar-refractivity contribution in [2.24, 2.45) is 0 Å². The second kappa shape index (κ2) is 12.1. The normalized spacial score (nSPS) is 16.7. The van der Waals surface area contributed by atoms with Crippen molar-refractivity contribution in [1.29, 1.82) is 5.26 Å². The minimum Gasteiger partial charge on any atom is -0.468 e. The van der Waals surface area contributed by atoms with Gasteiger partial charge in [-0.1, -0.05) is 48.2 Å².